The molecule has 0 unspecified atom stereocenters. The fourth-order valence-corrected chi connectivity index (χ4v) is 5.58. The first-order valence-electron chi connectivity index (χ1n) is 9.63. The number of thiocarbonyl (C=S) groups is 1. The van der Waals surface area contributed by atoms with Gasteiger partial charge in [-0.05, 0) is 55.5 Å². The summed E-state index contributed by atoms with van der Waals surface area (Å²) < 4.78 is 0.493. The van der Waals surface area contributed by atoms with Crippen molar-refractivity contribution in [3.8, 4) is 0 Å². The van der Waals surface area contributed by atoms with Crippen molar-refractivity contribution in [2.45, 2.75) is 18.7 Å². The summed E-state index contributed by atoms with van der Waals surface area (Å²) in [6.07, 6.45) is 3.84. The fraction of sp³-hybridized carbons (Fsp3) is 0.136. The van der Waals surface area contributed by atoms with Crippen LogP contribution in [0.3, 0.4) is 0 Å². The fourth-order valence-electron chi connectivity index (χ4n) is 3.21. The summed E-state index contributed by atoms with van der Waals surface area (Å²) in [5.41, 5.74) is 7.89. The highest BCUT2D eigenvalue weighted by Gasteiger charge is 2.33. The molecule has 31 heavy (non-hydrogen) atoms. The van der Waals surface area contributed by atoms with Crippen LogP contribution in [0, 0.1) is 0 Å². The number of fused-ring (bicyclic) bond motifs is 1. The van der Waals surface area contributed by atoms with E-state index in [1.54, 1.807) is 36.0 Å². The van der Waals surface area contributed by atoms with E-state index in [2.05, 4.69) is 34.8 Å². The van der Waals surface area contributed by atoms with E-state index in [1.165, 1.54) is 34.2 Å². The van der Waals surface area contributed by atoms with Gasteiger partial charge in [0, 0.05) is 18.4 Å². The van der Waals surface area contributed by atoms with Crippen LogP contribution in [-0.4, -0.2) is 22.7 Å². The van der Waals surface area contributed by atoms with Crippen molar-refractivity contribution in [1.82, 2.24) is 5.43 Å². The van der Waals surface area contributed by atoms with Crippen molar-refractivity contribution in [1.29, 1.82) is 0 Å². The number of nitrogens with one attached hydrogen (secondary N) is 2. The number of nitrogens with zero attached hydrogens (tertiary/aromatic N) is 2. The number of thioether (sulfide) groups is 2. The van der Waals surface area contributed by atoms with Crippen LogP contribution >= 0.6 is 35.7 Å². The lowest BCUT2D eigenvalue weighted by Gasteiger charge is -2.17. The summed E-state index contributed by atoms with van der Waals surface area (Å²) in [7, 11) is 0. The number of allylic oxidation sites excluding steroid dienone is 2. The average molecular weight is 469 g/mol. The molecule has 0 aliphatic carbocycles. The monoisotopic (exact) mass is 468 g/mol. The Balaban J connectivity index is 1.51. The van der Waals surface area contributed by atoms with Crippen LogP contribution in [0.4, 0.5) is 17.1 Å². The number of benzene rings is 2. The van der Waals surface area contributed by atoms with Crippen molar-refractivity contribution < 1.29 is 9.59 Å². The van der Waals surface area contributed by atoms with Gasteiger partial charge in [0.2, 0.25) is 5.91 Å². The average Bonchev–Trinajstić information content (AvgIpc) is 3.27. The van der Waals surface area contributed by atoms with Gasteiger partial charge in [0.05, 0.1) is 27.0 Å². The Bertz CT molecular complexity index is 1110. The van der Waals surface area contributed by atoms with Gasteiger partial charge in [-0.1, -0.05) is 47.9 Å². The van der Waals surface area contributed by atoms with Gasteiger partial charge < -0.3 is 4.90 Å². The second kappa shape index (κ2) is 9.17. The minimum atomic E-state index is -0.189. The highest BCUT2D eigenvalue weighted by atomic mass is 32.2. The van der Waals surface area contributed by atoms with Gasteiger partial charge in [-0.25, -0.2) is 0 Å². The predicted molar refractivity (Wildman–Crippen MR) is 133 cm³/mol. The molecule has 2 aliphatic rings. The smallest absolute Gasteiger partial charge is 0.270 e. The molecular formula is C22H20N4O2S3. The summed E-state index contributed by atoms with van der Waals surface area (Å²) in [5, 5.41) is 1.09. The molecule has 9 heteroatoms. The molecule has 1 saturated heterocycles. The van der Waals surface area contributed by atoms with Gasteiger partial charge in [-0.3, -0.25) is 25.3 Å². The Morgan fingerprint density at radius 2 is 1.84 bits per heavy atom. The van der Waals surface area contributed by atoms with E-state index in [9.17, 15) is 9.59 Å². The van der Waals surface area contributed by atoms with Crippen LogP contribution < -0.4 is 20.7 Å². The van der Waals surface area contributed by atoms with Gasteiger partial charge in [0.25, 0.3) is 5.91 Å². The third kappa shape index (κ3) is 4.48. The summed E-state index contributed by atoms with van der Waals surface area (Å²) >= 11 is 8.46. The third-order valence-corrected chi connectivity index (χ3v) is 7.08. The second-order valence-electron chi connectivity index (χ2n) is 6.71. The molecule has 0 bridgehead atoms. The minimum Gasteiger partial charge on any atom is -0.335 e. The molecule has 0 radical (unpaired) electrons. The minimum absolute atomic E-state index is 0.141. The second-order valence-corrected chi connectivity index (χ2v) is 9.45. The molecule has 0 saturated carbocycles. The quantitative estimate of drug-likeness (QED) is 0.369. The zero-order valence-corrected chi connectivity index (χ0v) is 19.4. The van der Waals surface area contributed by atoms with E-state index in [0.717, 1.165) is 11.6 Å². The maximum atomic E-state index is 13.0. The van der Waals surface area contributed by atoms with Gasteiger partial charge in [0.15, 0.2) is 4.32 Å². The molecule has 2 aromatic carbocycles. The number of hydrogen-bond acceptors (Lipinski definition) is 7. The molecular weight excluding hydrogens is 448 g/mol. The molecule has 2 N–H and O–H groups in total. The standard InChI is InChI=1S/C22H20N4O2S3/c1-3-25-17-6-4-5-7-18(17)30-20(25)13-12-19-21(28)26(22(29)31-19)16-10-8-15(9-11-16)24-23-14(2)27/h4-13,24H,3H2,1-2H3,(H,23,27). The van der Waals surface area contributed by atoms with Crippen LogP contribution in [0.15, 0.2) is 75.5 Å². The Hall–Kier alpha value is -2.75. The normalized spacial score (nSPS) is 18.1. The number of carbonyl (C=O) groups is 2. The molecule has 0 aromatic heterocycles. The summed E-state index contributed by atoms with van der Waals surface area (Å²) in [6.45, 7) is 4.38. The molecule has 0 spiro atoms. The summed E-state index contributed by atoms with van der Waals surface area (Å²) in [6, 6.07) is 15.4. The molecule has 1 fully saturated rings. The zero-order chi connectivity index (χ0) is 22.0. The lowest BCUT2D eigenvalue weighted by Crippen LogP contribution is -2.28. The van der Waals surface area contributed by atoms with Gasteiger partial charge in [-0.2, -0.15) is 0 Å². The highest BCUT2D eigenvalue weighted by molar-refractivity contribution is 8.27. The zero-order valence-electron chi connectivity index (χ0n) is 16.9. The van der Waals surface area contributed by atoms with Gasteiger partial charge in [-0.15, -0.1) is 0 Å². The molecule has 2 heterocycles. The van der Waals surface area contributed by atoms with Crippen LogP contribution in [0.1, 0.15) is 13.8 Å². The van der Waals surface area contributed by atoms with Crippen LogP contribution in [-0.2, 0) is 9.59 Å². The number of anilines is 3. The number of para-hydroxylation sites is 1. The van der Waals surface area contributed by atoms with E-state index < -0.39 is 0 Å². The summed E-state index contributed by atoms with van der Waals surface area (Å²) in [5.74, 6) is -0.330. The Morgan fingerprint density at radius 3 is 2.55 bits per heavy atom. The summed E-state index contributed by atoms with van der Waals surface area (Å²) in [4.78, 5) is 29.6. The first-order chi connectivity index (χ1) is 15.0. The molecule has 158 valence electrons. The Labute approximate surface area is 194 Å². The van der Waals surface area contributed by atoms with Crippen LogP contribution in [0.5, 0.6) is 0 Å². The van der Waals surface area contributed by atoms with Gasteiger partial charge in [0.1, 0.15) is 0 Å². The van der Waals surface area contributed by atoms with Crippen molar-refractivity contribution in [3.63, 3.8) is 0 Å². The van der Waals surface area contributed by atoms with Gasteiger partial charge >= 0.3 is 0 Å². The third-order valence-electron chi connectivity index (χ3n) is 4.63. The van der Waals surface area contributed by atoms with Crippen molar-refractivity contribution in [2.24, 2.45) is 0 Å². The number of hydrazine groups is 1. The lowest BCUT2D eigenvalue weighted by atomic mass is 10.2. The Kier molecular flexibility index (Phi) is 6.35. The highest BCUT2D eigenvalue weighted by Crippen LogP contribution is 2.46. The Morgan fingerprint density at radius 1 is 1.10 bits per heavy atom. The molecule has 2 aliphatic heterocycles. The van der Waals surface area contributed by atoms with Crippen molar-refractivity contribution in [2.75, 3.05) is 21.8 Å². The number of rotatable bonds is 5. The van der Waals surface area contributed by atoms with E-state index >= 15 is 0 Å². The topological polar surface area (TPSA) is 64.7 Å². The molecule has 2 aromatic rings. The van der Waals surface area contributed by atoms with Crippen molar-refractivity contribution in [3.05, 3.63) is 70.6 Å². The predicted octanol–water partition coefficient (Wildman–Crippen LogP) is 4.87. The number of amides is 2. The van der Waals surface area contributed by atoms with E-state index in [4.69, 9.17) is 12.2 Å². The van der Waals surface area contributed by atoms with E-state index in [1.807, 2.05) is 24.3 Å². The molecule has 2 amide bonds. The lowest BCUT2D eigenvalue weighted by molar-refractivity contribution is -0.118. The van der Waals surface area contributed by atoms with Crippen LogP contribution in [0.25, 0.3) is 0 Å². The number of hydrogen-bond donors (Lipinski definition) is 2. The maximum Gasteiger partial charge on any atom is 0.270 e. The first kappa shape index (κ1) is 21.5. The van der Waals surface area contributed by atoms with Crippen LogP contribution in [0.2, 0.25) is 0 Å². The SMILES string of the molecule is CCN1C(=CC=C2SC(=S)N(c3ccc(NNC(C)=O)cc3)C2=O)Sc2ccccc21. The van der Waals surface area contributed by atoms with E-state index in [-0.39, 0.29) is 11.8 Å². The van der Waals surface area contributed by atoms with Crippen molar-refractivity contribution >= 4 is 68.9 Å². The molecule has 6 nitrogen and oxygen atoms in total. The van der Waals surface area contributed by atoms with E-state index in [0.29, 0.717) is 20.6 Å². The molecule has 0 atom stereocenters. The first-order valence-corrected chi connectivity index (χ1v) is 11.7. The number of carbonyl (C=O) groups excluding carboxylic acids is 2. The largest absolute Gasteiger partial charge is 0.335 e. The maximum absolute atomic E-state index is 13.0. The molecule has 4 rings (SSSR count).